The van der Waals surface area contributed by atoms with Crippen molar-refractivity contribution in [2.45, 2.75) is 39.5 Å². The van der Waals surface area contributed by atoms with Crippen LogP contribution in [0.25, 0.3) is 22.8 Å². The number of hydrogen-bond acceptors (Lipinski definition) is 4. The summed E-state index contributed by atoms with van der Waals surface area (Å²) in [5.41, 5.74) is 11.1. The van der Waals surface area contributed by atoms with Crippen LogP contribution in [0.15, 0.2) is 42.4 Å². The van der Waals surface area contributed by atoms with E-state index in [2.05, 4.69) is 28.3 Å². The number of Topliss-reactive ketones (excluding diaryl/α,β-unsaturated/α-hetero) is 1. The molecule has 0 amide bonds. The summed E-state index contributed by atoms with van der Waals surface area (Å²) >= 11 is 0. The standard InChI is InChI=1S/C28H24FN3O/c1-15-20(23-14-32-25-4-3-6-31-28(25)16(23)2)11-24(29)21-12-26(33)22(27(15)21)10-17-8-18-5-7-30-13-19(18)9-17/h5,7,9-11,13-14,31H,3-4,6,8,12H2,1-2H3/b22-10+. The lowest BCUT2D eigenvalue weighted by Crippen LogP contribution is -2.15. The van der Waals surface area contributed by atoms with Crippen LogP contribution >= 0.6 is 0 Å². The Kier molecular flexibility index (Phi) is 4.54. The van der Waals surface area contributed by atoms with E-state index in [0.717, 1.165) is 76.1 Å². The van der Waals surface area contributed by atoms with Crippen LogP contribution in [0.3, 0.4) is 0 Å². The fourth-order valence-corrected chi connectivity index (χ4v) is 5.46. The van der Waals surface area contributed by atoms with Gasteiger partial charge >= 0.3 is 0 Å². The van der Waals surface area contributed by atoms with E-state index in [1.807, 2.05) is 31.5 Å². The number of carbonyl (C=O) groups excluding carboxylic acids is 1. The summed E-state index contributed by atoms with van der Waals surface area (Å²) in [4.78, 5) is 21.9. The molecule has 6 rings (SSSR count). The van der Waals surface area contributed by atoms with Gasteiger partial charge in [0.2, 0.25) is 0 Å². The molecule has 0 unspecified atom stereocenters. The monoisotopic (exact) mass is 437 g/mol. The van der Waals surface area contributed by atoms with Gasteiger partial charge in [-0.2, -0.15) is 0 Å². The van der Waals surface area contributed by atoms with Crippen LogP contribution in [0, 0.1) is 19.7 Å². The van der Waals surface area contributed by atoms with Gasteiger partial charge in [0.1, 0.15) is 5.82 Å². The summed E-state index contributed by atoms with van der Waals surface area (Å²) in [5.74, 6) is -0.346. The number of anilines is 1. The summed E-state index contributed by atoms with van der Waals surface area (Å²) in [6.07, 6.45) is 12.4. The Morgan fingerprint density at radius 2 is 2.00 bits per heavy atom. The van der Waals surface area contributed by atoms with Crippen molar-refractivity contribution in [2.24, 2.45) is 0 Å². The zero-order valence-electron chi connectivity index (χ0n) is 18.8. The van der Waals surface area contributed by atoms with Crippen molar-refractivity contribution in [1.29, 1.82) is 0 Å². The molecule has 1 aliphatic heterocycles. The van der Waals surface area contributed by atoms with Crippen LogP contribution < -0.4 is 5.32 Å². The highest BCUT2D eigenvalue weighted by Crippen LogP contribution is 2.42. The molecule has 4 nitrogen and oxygen atoms in total. The fourth-order valence-electron chi connectivity index (χ4n) is 5.46. The third kappa shape index (κ3) is 3.14. The molecule has 1 aromatic carbocycles. The predicted molar refractivity (Wildman–Crippen MR) is 129 cm³/mol. The molecule has 33 heavy (non-hydrogen) atoms. The molecule has 2 aromatic heterocycles. The molecule has 5 heteroatoms. The number of halogens is 1. The summed E-state index contributed by atoms with van der Waals surface area (Å²) in [6, 6.07) is 3.59. The van der Waals surface area contributed by atoms with E-state index in [-0.39, 0.29) is 18.0 Å². The van der Waals surface area contributed by atoms with E-state index in [9.17, 15) is 4.79 Å². The lowest BCUT2D eigenvalue weighted by atomic mass is 9.89. The number of ketones is 1. The first-order valence-electron chi connectivity index (χ1n) is 11.4. The lowest BCUT2D eigenvalue weighted by molar-refractivity contribution is -0.112. The zero-order valence-corrected chi connectivity index (χ0v) is 18.8. The van der Waals surface area contributed by atoms with Crippen molar-refractivity contribution >= 4 is 23.1 Å². The van der Waals surface area contributed by atoms with Gasteiger partial charge < -0.3 is 5.32 Å². The molecule has 0 bridgehead atoms. The van der Waals surface area contributed by atoms with Crippen molar-refractivity contribution in [3.8, 4) is 11.1 Å². The van der Waals surface area contributed by atoms with Crippen LogP contribution in [-0.4, -0.2) is 22.3 Å². The molecule has 3 heterocycles. The van der Waals surface area contributed by atoms with E-state index in [1.165, 1.54) is 5.56 Å². The van der Waals surface area contributed by atoms with Crippen LogP contribution in [0.1, 0.15) is 45.5 Å². The first-order valence-corrected chi connectivity index (χ1v) is 11.4. The number of nitrogens with one attached hydrogen (secondary N) is 1. The maximum absolute atomic E-state index is 15.3. The molecule has 1 N–H and O–H groups in total. The normalized spacial score (nSPS) is 17.5. The van der Waals surface area contributed by atoms with Crippen molar-refractivity contribution < 1.29 is 9.18 Å². The first kappa shape index (κ1) is 20.0. The SMILES string of the molecule is Cc1c(-c2cc(F)c3c(c2C)/C(=C/C2=Cc4cnccc4C2)C(=O)C3)cnc2c1NCCC2. The Balaban J connectivity index is 1.49. The zero-order chi connectivity index (χ0) is 22.7. The van der Waals surface area contributed by atoms with Crippen LogP contribution in [0.5, 0.6) is 0 Å². The summed E-state index contributed by atoms with van der Waals surface area (Å²) in [7, 11) is 0. The highest BCUT2D eigenvalue weighted by molar-refractivity contribution is 6.26. The van der Waals surface area contributed by atoms with Gasteiger partial charge in [-0.1, -0.05) is 0 Å². The highest BCUT2D eigenvalue weighted by atomic mass is 19.1. The second-order valence-corrected chi connectivity index (χ2v) is 9.16. The molecule has 0 spiro atoms. The Bertz CT molecular complexity index is 1420. The van der Waals surface area contributed by atoms with Crippen molar-refractivity contribution in [3.63, 3.8) is 0 Å². The molecule has 0 fully saturated rings. The average Bonchev–Trinajstić information content (AvgIpc) is 3.38. The summed E-state index contributed by atoms with van der Waals surface area (Å²) in [5, 5.41) is 3.47. The van der Waals surface area contributed by atoms with Gasteiger partial charge in [0.25, 0.3) is 0 Å². The van der Waals surface area contributed by atoms with Gasteiger partial charge in [0, 0.05) is 48.3 Å². The largest absolute Gasteiger partial charge is 0.383 e. The number of benzene rings is 1. The summed E-state index contributed by atoms with van der Waals surface area (Å²) in [6.45, 7) is 4.98. The van der Waals surface area contributed by atoms with E-state index < -0.39 is 0 Å². The van der Waals surface area contributed by atoms with E-state index in [1.54, 1.807) is 12.3 Å². The van der Waals surface area contributed by atoms with Crippen LogP contribution in [0.2, 0.25) is 0 Å². The van der Waals surface area contributed by atoms with E-state index in [4.69, 9.17) is 0 Å². The summed E-state index contributed by atoms with van der Waals surface area (Å²) < 4.78 is 15.3. The molecule has 0 radical (unpaired) electrons. The second-order valence-electron chi connectivity index (χ2n) is 9.16. The van der Waals surface area contributed by atoms with Crippen LogP contribution in [0.4, 0.5) is 10.1 Å². The maximum Gasteiger partial charge on any atom is 0.168 e. The van der Waals surface area contributed by atoms with Gasteiger partial charge in [-0.05, 0) is 96.3 Å². The van der Waals surface area contributed by atoms with Gasteiger partial charge in [-0.15, -0.1) is 0 Å². The average molecular weight is 438 g/mol. The maximum atomic E-state index is 15.3. The predicted octanol–water partition coefficient (Wildman–Crippen LogP) is 5.41. The topological polar surface area (TPSA) is 54.9 Å². The number of hydrogen-bond donors (Lipinski definition) is 1. The van der Waals surface area contributed by atoms with Gasteiger partial charge in [0.05, 0.1) is 11.4 Å². The fraction of sp³-hybridized carbons (Fsp3) is 0.250. The molecule has 0 saturated heterocycles. The highest BCUT2D eigenvalue weighted by Gasteiger charge is 2.32. The van der Waals surface area contributed by atoms with E-state index >= 15 is 4.39 Å². The Labute approximate surface area is 192 Å². The number of aromatic nitrogens is 2. The Morgan fingerprint density at radius 1 is 1.12 bits per heavy atom. The number of rotatable bonds is 2. The number of nitrogens with zero attached hydrogens (tertiary/aromatic N) is 2. The molecular weight excluding hydrogens is 413 g/mol. The van der Waals surface area contributed by atoms with Gasteiger partial charge in [-0.3, -0.25) is 14.8 Å². The molecule has 0 atom stereocenters. The molecule has 0 saturated carbocycles. The van der Waals surface area contributed by atoms with E-state index in [0.29, 0.717) is 11.1 Å². The van der Waals surface area contributed by atoms with Gasteiger partial charge in [0.15, 0.2) is 5.78 Å². The first-order chi connectivity index (χ1) is 16.0. The Hall–Kier alpha value is -3.60. The number of fused-ring (bicyclic) bond motifs is 3. The van der Waals surface area contributed by atoms with Crippen molar-refractivity contribution in [2.75, 3.05) is 11.9 Å². The minimum atomic E-state index is -0.319. The minimum Gasteiger partial charge on any atom is -0.383 e. The second kappa shape index (κ2) is 7.48. The number of allylic oxidation sites excluding steroid dienone is 3. The number of aryl methyl sites for hydroxylation is 1. The molecule has 3 aliphatic rings. The van der Waals surface area contributed by atoms with Crippen molar-refractivity contribution in [3.05, 3.63) is 87.3 Å². The van der Waals surface area contributed by atoms with Gasteiger partial charge in [-0.25, -0.2) is 4.39 Å². The quantitative estimate of drug-likeness (QED) is 0.545. The minimum absolute atomic E-state index is 0.0268. The third-order valence-corrected chi connectivity index (χ3v) is 7.16. The van der Waals surface area contributed by atoms with Crippen LogP contribution in [-0.2, 0) is 24.1 Å². The van der Waals surface area contributed by atoms with Crippen molar-refractivity contribution in [1.82, 2.24) is 9.97 Å². The lowest BCUT2D eigenvalue weighted by Gasteiger charge is -2.22. The Morgan fingerprint density at radius 3 is 2.85 bits per heavy atom. The third-order valence-electron chi connectivity index (χ3n) is 7.16. The smallest absolute Gasteiger partial charge is 0.168 e. The molecular formula is C28H24FN3O. The molecule has 164 valence electrons. The molecule has 2 aliphatic carbocycles. The number of carbonyl (C=O) groups is 1. The number of pyridine rings is 2. The molecule has 3 aromatic rings.